The van der Waals surface area contributed by atoms with Crippen molar-refractivity contribution < 1.29 is 18.8 Å². The summed E-state index contributed by atoms with van der Waals surface area (Å²) >= 11 is 0. The Balaban J connectivity index is 1.71. The van der Waals surface area contributed by atoms with Crippen LogP contribution in [0.15, 0.2) is 34.9 Å². The van der Waals surface area contributed by atoms with Crippen LogP contribution >= 0.6 is 0 Å². The van der Waals surface area contributed by atoms with E-state index in [0.717, 1.165) is 6.42 Å². The lowest BCUT2D eigenvalue weighted by atomic mass is 10.1. The Morgan fingerprint density at radius 2 is 2.08 bits per heavy atom. The van der Waals surface area contributed by atoms with Crippen molar-refractivity contribution in [3.63, 3.8) is 0 Å². The number of likely N-dealkylation sites (tertiary alicyclic amines) is 1. The van der Waals surface area contributed by atoms with E-state index in [4.69, 9.17) is 9.26 Å². The van der Waals surface area contributed by atoms with Crippen LogP contribution in [0.1, 0.15) is 29.0 Å². The predicted octanol–water partition coefficient (Wildman–Crippen LogP) is 2.23. The van der Waals surface area contributed by atoms with Crippen LogP contribution in [0, 0.1) is 6.92 Å². The highest BCUT2D eigenvalue weighted by atomic mass is 16.5. The number of nitrogens with zero attached hydrogens (tertiary/aromatic N) is 2. The van der Waals surface area contributed by atoms with Crippen molar-refractivity contribution in [1.29, 1.82) is 0 Å². The van der Waals surface area contributed by atoms with Crippen molar-refractivity contribution >= 4 is 17.6 Å². The van der Waals surface area contributed by atoms with E-state index in [2.05, 4.69) is 10.5 Å². The summed E-state index contributed by atoms with van der Waals surface area (Å²) in [5.41, 5.74) is 0.535. The third-order valence-electron chi connectivity index (χ3n) is 4.03. The summed E-state index contributed by atoms with van der Waals surface area (Å²) in [7, 11) is 1.57. The quantitative estimate of drug-likeness (QED) is 0.930. The van der Waals surface area contributed by atoms with Crippen LogP contribution in [0.4, 0.5) is 5.82 Å². The number of anilines is 1. The SMILES string of the molecule is COc1ccc(C(=O)N2CCCC2C(=O)Nc2cc(C)on2)cc1. The lowest BCUT2D eigenvalue weighted by Crippen LogP contribution is -2.43. The molecule has 2 heterocycles. The van der Waals surface area contributed by atoms with Crippen LogP contribution in [0.3, 0.4) is 0 Å². The second-order valence-corrected chi connectivity index (χ2v) is 5.70. The highest BCUT2D eigenvalue weighted by Gasteiger charge is 2.34. The van der Waals surface area contributed by atoms with Crippen molar-refractivity contribution in [3.05, 3.63) is 41.7 Å². The van der Waals surface area contributed by atoms with Crippen LogP contribution in [0.2, 0.25) is 0 Å². The summed E-state index contributed by atoms with van der Waals surface area (Å²) in [4.78, 5) is 26.8. The van der Waals surface area contributed by atoms with Crippen molar-refractivity contribution in [1.82, 2.24) is 10.1 Å². The average Bonchev–Trinajstić information content (AvgIpc) is 3.23. The van der Waals surface area contributed by atoms with Gasteiger partial charge < -0.3 is 19.5 Å². The van der Waals surface area contributed by atoms with Crippen molar-refractivity contribution in [3.8, 4) is 5.75 Å². The summed E-state index contributed by atoms with van der Waals surface area (Å²) in [6, 6.07) is 8.01. The molecule has 1 saturated heterocycles. The summed E-state index contributed by atoms with van der Waals surface area (Å²) in [6.45, 7) is 2.30. The Kier molecular flexibility index (Phi) is 4.50. The third-order valence-corrected chi connectivity index (χ3v) is 4.03. The van der Waals surface area contributed by atoms with Gasteiger partial charge in [0.15, 0.2) is 5.82 Å². The normalized spacial score (nSPS) is 16.9. The molecule has 2 aromatic rings. The number of nitrogens with one attached hydrogen (secondary N) is 1. The van der Waals surface area contributed by atoms with Crippen LogP contribution in [-0.4, -0.2) is 41.6 Å². The van der Waals surface area contributed by atoms with Crippen molar-refractivity contribution in [2.24, 2.45) is 0 Å². The molecule has 0 bridgehead atoms. The number of aromatic nitrogens is 1. The van der Waals surface area contributed by atoms with Gasteiger partial charge in [0, 0.05) is 18.2 Å². The molecule has 7 nitrogen and oxygen atoms in total. The van der Waals surface area contributed by atoms with Crippen LogP contribution in [-0.2, 0) is 4.79 Å². The topological polar surface area (TPSA) is 84.7 Å². The van der Waals surface area contributed by atoms with E-state index in [-0.39, 0.29) is 11.8 Å². The van der Waals surface area contributed by atoms with Gasteiger partial charge in [-0.25, -0.2) is 0 Å². The molecule has 0 aliphatic carbocycles. The Bertz CT molecular complexity index is 739. The van der Waals surface area contributed by atoms with E-state index in [1.807, 2.05) is 0 Å². The fraction of sp³-hybridized carbons (Fsp3) is 0.353. The number of rotatable bonds is 4. The van der Waals surface area contributed by atoms with Crippen LogP contribution < -0.4 is 10.1 Å². The minimum absolute atomic E-state index is 0.161. The minimum atomic E-state index is -0.503. The van der Waals surface area contributed by atoms with Gasteiger partial charge in [-0.3, -0.25) is 9.59 Å². The number of carbonyl (C=O) groups excluding carboxylic acids is 2. The second-order valence-electron chi connectivity index (χ2n) is 5.70. The molecule has 1 atom stereocenters. The number of aryl methyl sites for hydroxylation is 1. The minimum Gasteiger partial charge on any atom is -0.497 e. The maximum atomic E-state index is 12.7. The standard InChI is InChI=1S/C17H19N3O4/c1-11-10-15(19-24-11)18-16(21)14-4-3-9-20(14)17(22)12-5-7-13(23-2)8-6-12/h5-8,10,14H,3-4,9H2,1-2H3,(H,18,19,21). The number of amides is 2. The Hall–Kier alpha value is -2.83. The highest BCUT2D eigenvalue weighted by Crippen LogP contribution is 2.22. The van der Waals surface area contributed by atoms with E-state index in [9.17, 15) is 9.59 Å². The maximum absolute atomic E-state index is 12.7. The van der Waals surface area contributed by atoms with E-state index < -0.39 is 6.04 Å². The summed E-state index contributed by atoms with van der Waals surface area (Å²) in [6.07, 6.45) is 1.42. The zero-order valence-corrected chi connectivity index (χ0v) is 13.6. The molecule has 1 unspecified atom stereocenters. The van der Waals surface area contributed by atoms with E-state index >= 15 is 0 Å². The zero-order valence-electron chi connectivity index (χ0n) is 13.6. The lowest BCUT2D eigenvalue weighted by Gasteiger charge is -2.23. The molecule has 0 saturated carbocycles. The number of benzene rings is 1. The average molecular weight is 329 g/mol. The number of carbonyl (C=O) groups is 2. The van der Waals surface area contributed by atoms with E-state index in [0.29, 0.717) is 35.9 Å². The molecule has 0 spiro atoms. The van der Waals surface area contributed by atoms with E-state index in [1.54, 1.807) is 49.3 Å². The van der Waals surface area contributed by atoms with Crippen molar-refractivity contribution in [2.45, 2.75) is 25.8 Å². The molecule has 0 radical (unpaired) electrons. The predicted molar refractivity (Wildman–Crippen MR) is 86.9 cm³/mol. The summed E-state index contributed by atoms with van der Waals surface area (Å²) in [5.74, 6) is 1.25. The fourth-order valence-corrected chi connectivity index (χ4v) is 2.82. The smallest absolute Gasteiger partial charge is 0.254 e. The van der Waals surface area contributed by atoms with Gasteiger partial charge in [0.2, 0.25) is 5.91 Å². The largest absolute Gasteiger partial charge is 0.497 e. The molecule has 1 aliphatic rings. The Morgan fingerprint density at radius 3 is 2.71 bits per heavy atom. The third kappa shape index (κ3) is 3.24. The maximum Gasteiger partial charge on any atom is 0.254 e. The van der Waals surface area contributed by atoms with Crippen molar-refractivity contribution in [2.75, 3.05) is 19.0 Å². The summed E-state index contributed by atoms with van der Waals surface area (Å²) < 4.78 is 10.0. The molecular formula is C17H19N3O4. The first-order valence-corrected chi connectivity index (χ1v) is 7.77. The number of hydrogen-bond acceptors (Lipinski definition) is 5. The lowest BCUT2D eigenvalue weighted by molar-refractivity contribution is -0.119. The molecule has 7 heteroatoms. The first-order valence-electron chi connectivity index (χ1n) is 7.77. The zero-order chi connectivity index (χ0) is 17.1. The molecule has 1 N–H and O–H groups in total. The Labute approximate surface area is 139 Å². The van der Waals surface area contributed by atoms with Crippen LogP contribution in [0.5, 0.6) is 5.75 Å². The number of ether oxygens (including phenoxy) is 1. The molecule has 24 heavy (non-hydrogen) atoms. The molecule has 1 fully saturated rings. The fourth-order valence-electron chi connectivity index (χ4n) is 2.82. The van der Waals surface area contributed by atoms with Gasteiger partial charge in [-0.2, -0.15) is 0 Å². The first-order chi connectivity index (χ1) is 11.6. The molecule has 1 aromatic carbocycles. The number of hydrogen-bond donors (Lipinski definition) is 1. The summed E-state index contributed by atoms with van der Waals surface area (Å²) in [5, 5.41) is 6.45. The molecule has 1 aromatic heterocycles. The molecular weight excluding hydrogens is 310 g/mol. The second kappa shape index (κ2) is 6.74. The molecule has 2 amide bonds. The van der Waals surface area contributed by atoms with Crippen LogP contribution in [0.25, 0.3) is 0 Å². The van der Waals surface area contributed by atoms with Gasteiger partial charge in [0.1, 0.15) is 17.6 Å². The highest BCUT2D eigenvalue weighted by molar-refractivity contribution is 6.01. The van der Waals surface area contributed by atoms with Gasteiger partial charge in [0.25, 0.3) is 5.91 Å². The molecule has 1 aliphatic heterocycles. The van der Waals surface area contributed by atoms with E-state index in [1.165, 1.54) is 0 Å². The monoisotopic (exact) mass is 329 g/mol. The van der Waals surface area contributed by atoms with Gasteiger partial charge in [0.05, 0.1) is 7.11 Å². The molecule has 126 valence electrons. The first kappa shape index (κ1) is 16.0. The Morgan fingerprint density at radius 1 is 1.33 bits per heavy atom. The van der Waals surface area contributed by atoms with Gasteiger partial charge in [-0.15, -0.1) is 0 Å². The number of methoxy groups -OCH3 is 1. The van der Waals surface area contributed by atoms with Gasteiger partial charge in [-0.1, -0.05) is 5.16 Å². The van der Waals surface area contributed by atoms with Gasteiger partial charge in [-0.05, 0) is 44.0 Å². The molecule has 3 rings (SSSR count). The van der Waals surface area contributed by atoms with Gasteiger partial charge >= 0.3 is 0 Å².